The van der Waals surface area contributed by atoms with Crippen molar-refractivity contribution in [3.05, 3.63) is 30.1 Å². The second kappa shape index (κ2) is 5.97. The third-order valence-electron chi connectivity index (χ3n) is 5.40. The standard InChI is InChI=1S/C17H23N3O2/c21-17-2-1-15-16(5-9-19(15)14-6-10-22-12-14)20(17)11-13-3-7-18-8-4-13/h3-4,7-8,14-16H,1-2,5-6,9-12H2/t14?,15-,16-/m0/s1. The highest BCUT2D eigenvalue weighted by molar-refractivity contribution is 5.77. The third kappa shape index (κ3) is 2.52. The Kier molecular flexibility index (Phi) is 3.84. The lowest BCUT2D eigenvalue weighted by Crippen LogP contribution is -2.53. The lowest BCUT2D eigenvalue weighted by atomic mass is 9.95. The number of piperidine rings is 1. The molecule has 1 amide bonds. The van der Waals surface area contributed by atoms with Crippen LogP contribution < -0.4 is 0 Å². The monoisotopic (exact) mass is 301 g/mol. The molecule has 0 radical (unpaired) electrons. The molecule has 0 N–H and O–H groups in total. The molecule has 3 fully saturated rings. The van der Waals surface area contributed by atoms with Gasteiger partial charge in [-0.2, -0.15) is 0 Å². The van der Waals surface area contributed by atoms with Gasteiger partial charge in [-0.05, 0) is 37.0 Å². The molecule has 0 aromatic carbocycles. The molecule has 1 aromatic heterocycles. The van der Waals surface area contributed by atoms with Crippen molar-refractivity contribution >= 4 is 5.91 Å². The van der Waals surface area contributed by atoms with Gasteiger partial charge in [0.05, 0.1) is 6.61 Å². The minimum atomic E-state index is 0.308. The van der Waals surface area contributed by atoms with Crippen LogP contribution in [0, 0.1) is 0 Å². The maximum absolute atomic E-state index is 12.4. The molecule has 3 aliphatic heterocycles. The summed E-state index contributed by atoms with van der Waals surface area (Å²) in [5.41, 5.74) is 1.17. The van der Waals surface area contributed by atoms with E-state index in [1.54, 1.807) is 12.4 Å². The highest BCUT2D eigenvalue weighted by Crippen LogP contribution is 2.35. The van der Waals surface area contributed by atoms with Gasteiger partial charge in [0.25, 0.3) is 0 Å². The van der Waals surface area contributed by atoms with Crippen LogP contribution in [-0.2, 0) is 16.1 Å². The van der Waals surface area contributed by atoms with Crippen LogP contribution in [0.3, 0.4) is 0 Å². The van der Waals surface area contributed by atoms with E-state index >= 15 is 0 Å². The zero-order valence-corrected chi connectivity index (χ0v) is 12.9. The lowest BCUT2D eigenvalue weighted by Gasteiger charge is -2.41. The zero-order chi connectivity index (χ0) is 14.9. The van der Waals surface area contributed by atoms with Crippen LogP contribution in [-0.4, -0.2) is 58.6 Å². The average molecular weight is 301 g/mol. The zero-order valence-electron chi connectivity index (χ0n) is 12.9. The van der Waals surface area contributed by atoms with E-state index in [-0.39, 0.29) is 0 Å². The number of nitrogens with zero attached hydrogens (tertiary/aromatic N) is 3. The molecule has 118 valence electrons. The van der Waals surface area contributed by atoms with Crippen LogP contribution in [0.4, 0.5) is 0 Å². The molecule has 4 rings (SSSR count). The summed E-state index contributed by atoms with van der Waals surface area (Å²) in [6.45, 7) is 3.57. The normalized spacial score (nSPS) is 32.5. The van der Waals surface area contributed by atoms with Gasteiger partial charge in [0.2, 0.25) is 5.91 Å². The number of aromatic nitrogens is 1. The Hall–Kier alpha value is -1.46. The maximum Gasteiger partial charge on any atom is 0.223 e. The van der Waals surface area contributed by atoms with Gasteiger partial charge < -0.3 is 9.64 Å². The lowest BCUT2D eigenvalue weighted by molar-refractivity contribution is -0.138. The van der Waals surface area contributed by atoms with Crippen LogP contribution in [0.1, 0.15) is 31.2 Å². The molecule has 3 atom stereocenters. The van der Waals surface area contributed by atoms with Crippen LogP contribution in [0.25, 0.3) is 0 Å². The molecule has 3 aliphatic rings. The van der Waals surface area contributed by atoms with Gasteiger partial charge in [0.15, 0.2) is 0 Å². The van der Waals surface area contributed by atoms with Gasteiger partial charge in [-0.1, -0.05) is 0 Å². The molecule has 0 saturated carbocycles. The first-order valence-corrected chi connectivity index (χ1v) is 8.35. The highest BCUT2D eigenvalue weighted by atomic mass is 16.5. The first-order chi connectivity index (χ1) is 10.8. The summed E-state index contributed by atoms with van der Waals surface area (Å²) < 4.78 is 5.56. The molecule has 4 heterocycles. The second-order valence-electron chi connectivity index (χ2n) is 6.59. The summed E-state index contributed by atoms with van der Waals surface area (Å²) >= 11 is 0. The highest BCUT2D eigenvalue weighted by Gasteiger charge is 2.45. The number of amides is 1. The van der Waals surface area contributed by atoms with E-state index in [9.17, 15) is 4.79 Å². The summed E-state index contributed by atoms with van der Waals surface area (Å²) in [5, 5.41) is 0. The van der Waals surface area contributed by atoms with Crippen molar-refractivity contribution < 1.29 is 9.53 Å². The Morgan fingerprint density at radius 2 is 2.05 bits per heavy atom. The predicted octanol–water partition coefficient (Wildman–Crippen LogP) is 1.44. The van der Waals surface area contributed by atoms with Gasteiger partial charge in [0.1, 0.15) is 0 Å². The quantitative estimate of drug-likeness (QED) is 0.847. The number of pyridine rings is 1. The van der Waals surface area contributed by atoms with E-state index in [0.29, 0.717) is 30.5 Å². The Morgan fingerprint density at radius 1 is 1.18 bits per heavy atom. The fraction of sp³-hybridized carbons (Fsp3) is 0.647. The van der Waals surface area contributed by atoms with E-state index in [2.05, 4.69) is 14.8 Å². The number of hydrogen-bond donors (Lipinski definition) is 0. The van der Waals surface area contributed by atoms with E-state index in [1.165, 1.54) is 5.56 Å². The Labute approximate surface area is 131 Å². The summed E-state index contributed by atoms with van der Waals surface area (Å²) in [6, 6.07) is 5.47. The van der Waals surface area contributed by atoms with Crippen molar-refractivity contribution in [2.75, 3.05) is 19.8 Å². The van der Waals surface area contributed by atoms with Crippen LogP contribution in [0.2, 0.25) is 0 Å². The number of ether oxygens (including phenoxy) is 1. The Balaban J connectivity index is 1.51. The third-order valence-corrected chi connectivity index (χ3v) is 5.40. The summed E-state index contributed by atoms with van der Waals surface area (Å²) in [7, 11) is 0. The minimum absolute atomic E-state index is 0.308. The molecule has 1 aromatic rings. The minimum Gasteiger partial charge on any atom is -0.380 e. The van der Waals surface area contributed by atoms with Crippen molar-refractivity contribution in [1.29, 1.82) is 0 Å². The molecule has 0 spiro atoms. The maximum atomic E-state index is 12.4. The topological polar surface area (TPSA) is 45.7 Å². The Morgan fingerprint density at radius 3 is 2.82 bits per heavy atom. The van der Waals surface area contributed by atoms with Crippen LogP contribution in [0.5, 0.6) is 0 Å². The van der Waals surface area contributed by atoms with Gasteiger partial charge in [-0.15, -0.1) is 0 Å². The van der Waals surface area contributed by atoms with Crippen molar-refractivity contribution in [3.8, 4) is 0 Å². The van der Waals surface area contributed by atoms with Crippen molar-refractivity contribution in [3.63, 3.8) is 0 Å². The van der Waals surface area contributed by atoms with E-state index in [0.717, 1.165) is 45.6 Å². The molecule has 1 unspecified atom stereocenters. The number of likely N-dealkylation sites (tertiary alicyclic amines) is 2. The van der Waals surface area contributed by atoms with Gasteiger partial charge in [-0.3, -0.25) is 14.7 Å². The molecular weight excluding hydrogens is 278 g/mol. The first kappa shape index (κ1) is 14.2. The van der Waals surface area contributed by atoms with Crippen LogP contribution >= 0.6 is 0 Å². The van der Waals surface area contributed by atoms with Gasteiger partial charge in [-0.25, -0.2) is 0 Å². The molecule has 0 bridgehead atoms. The van der Waals surface area contributed by atoms with Gasteiger partial charge >= 0.3 is 0 Å². The second-order valence-corrected chi connectivity index (χ2v) is 6.59. The fourth-order valence-electron chi connectivity index (χ4n) is 4.31. The van der Waals surface area contributed by atoms with Crippen LogP contribution in [0.15, 0.2) is 24.5 Å². The number of rotatable bonds is 3. The predicted molar refractivity (Wildman–Crippen MR) is 82.1 cm³/mol. The molecule has 3 saturated heterocycles. The van der Waals surface area contributed by atoms with Crippen molar-refractivity contribution in [1.82, 2.24) is 14.8 Å². The smallest absolute Gasteiger partial charge is 0.223 e. The van der Waals surface area contributed by atoms with E-state index in [1.807, 2.05) is 12.1 Å². The fourth-order valence-corrected chi connectivity index (χ4v) is 4.31. The molecule has 5 nitrogen and oxygen atoms in total. The number of carbonyl (C=O) groups is 1. The van der Waals surface area contributed by atoms with E-state index in [4.69, 9.17) is 4.74 Å². The molecule has 22 heavy (non-hydrogen) atoms. The summed E-state index contributed by atoms with van der Waals surface area (Å²) in [5.74, 6) is 0.308. The van der Waals surface area contributed by atoms with E-state index < -0.39 is 0 Å². The van der Waals surface area contributed by atoms with Crippen molar-refractivity contribution in [2.45, 2.75) is 50.4 Å². The molecular formula is C17H23N3O2. The molecule has 5 heteroatoms. The number of hydrogen-bond acceptors (Lipinski definition) is 4. The average Bonchev–Trinajstić information content (AvgIpc) is 3.20. The SMILES string of the molecule is O=C1CC[C@H]2[C@H](CCN2C2CCOC2)N1Cc1ccncc1. The largest absolute Gasteiger partial charge is 0.380 e. The van der Waals surface area contributed by atoms with Gasteiger partial charge in [0, 0.05) is 56.6 Å². The first-order valence-electron chi connectivity index (χ1n) is 8.35. The summed E-state index contributed by atoms with van der Waals surface area (Å²) in [6.07, 6.45) is 7.53. The number of fused-ring (bicyclic) bond motifs is 1. The number of carbonyl (C=O) groups excluding carboxylic acids is 1. The summed E-state index contributed by atoms with van der Waals surface area (Å²) in [4.78, 5) is 21.2. The molecule has 0 aliphatic carbocycles. The van der Waals surface area contributed by atoms with Crippen molar-refractivity contribution in [2.24, 2.45) is 0 Å². The Bertz CT molecular complexity index is 530.